The number of benzene rings is 2. The number of carbonyl (C=O) groups is 3. The molecule has 0 spiro atoms. The van der Waals surface area contributed by atoms with E-state index in [0.29, 0.717) is 33.2 Å². The molecule has 5 aliphatic carbocycles. The molecule has 49 heavy (non-hydrogen) atoms. The van der Waals surface area contributed by atoms with Crippen LogP contribution in [0.5, 0.6) is 11.5 Å². The summed E-state index contributed by atoms with van der Waals surface area (Å²) in [6, 6.07) is 6.17. The maximum absolute atomic E-state index is 14.5. The summed E-state index contributed by atoms with van der Waals surface area (Å²) >= 11 is 1.98. The van der Waals surface area contributed by atoms with E-state index in [1.54, 1.807) is 11.0 Å². The zero-order chi connectivity index (χ0) is 35.1. The van der Waals surface area contributed by atoms with Gasteiger partial charge in [-0.3, -0.25) is 14.4 Å². The second kappa shape index (κ2) is 14.2. The van der Waals surface area contributed by atoms with Gasteiger partial charge in [0.25, 0.3) is 5.91 Å². The van der Waals surface area contributed by atoms with Crippen LogP contribution < -0.4 is 14.8 Å². The van der Waals surface area contributed by atoms with E-state index in [1.807, 2.05) is 22.6 Å². The Balaban J connectivity index is 1.39. The Morgan fingerprint density at radius 2 is 1.71 bits per heavy atom. The smallest absolute Gasteiger partial charge is 0.416 e. The molecular formula is C36H40F3IN2O7. The first-order valence-corrected chi connectivity index (χ1v) is 17.7. The minimum atomic E-state index is -4.57. The van der Waals surface area contributed by atoms with Gasteiger partial charge in [-0.2, -0.15) is 13.2 Å². The van der Waals surface area contributed by atoms with Gasteiger partial charge in [-0.15, -0.1) is 0 Å². The van der Waals surface area contributed by atoms with E-state index >= 15 is 0 Å². The highest BCUT2D eigenvalue weighted by Gasteiger charge is 2.53. The summed E-state index contributed by atoms with van der Waals surface area (Å²) in [5, 5.41) is 24.1. The highest BCUT2D eigenvalue weighted by Crippen LogP contribution is 2.60. The van der Waals surface area contributed by atoms with Gasteiger partial charge in [0, 0.05) is 36.2 Å². The number of carbonyl (C=O) groups excluding carboxylic acids is 3. The van der Waals surface area contributed by atoms with Crippen LogP contribution in [0.4, 0.5) is 13.2 Å². The molecule has 4 bridgehead atoms. The van der Waals surface area contributed by atoms with Crippen molar-refractivity contribution >= 4 is 40.7 Å². The Hall–Kier alpha value is -3.17. The zero-order valence-electron chi connectivity index (χ0n) is 27.0. The van der Waals surface area contributed by atoms with Gasteiger partial charge in [-0.25, -0.2) is 0 Å². The van der Waals surface area contributed by atoms with Crippen LogP contribution in [-0.2, 0) is 11.0 Å². The molecule has 7 rings (SSSR count). The molecule has 13 heteroatoms. The SMILES string of the molecule is COc1cc(C=O)cc(I)c1O[C@H]1C=C(C(=O)NCCO)C[C@@H](N(CC23CC4CC(CC(C4)C2)C3)C(=O)c2ccc(C(F)(F)F)cc2)[C@@H]1O. The minimum Gasteiger partial charge on any atom is -0.493 e. The van der Waals surface area contributed by atoms with E-state index in [9.17, 15) is 37.8 Å². The van der Waals surface area contributed by atoms with Crippen molar-refractivity contribution in [2.45, 2.75) is 69.4 Å². The van der Waals surface area contributed by atoms with Gasteiger partial charge in [-0.05, 0) is 127 Å². The van der Waals surface area contributed by atoms with E-state index in [4.69, 9.17) is 9.47 Å². The van der Waals surface area contributed by atoms with Crippen molar-refractivity contribution in [1.82, 2.24) is 10.2 Å². The number of nitrogens with one attached hydrogen (secondary N) is 1. The van der Waals surface area contributed by atoms with Crippen molar-refractivity contribution in [2.24, 2.45) is 23.2 Å². The van der Waals surface area contributed by atoms with Crippen molar-refractivity contribution in [2.75, 3.05) is 26.8 Å². The number of aliphatic hydroxyl groups excluding tert-OH is 2. The van der Waals surface area contributed by atoms with Crippen LogP contribution in [0.25, 0.3) is 0 Å². The second-order valence-electron chi connectivity index (χ2n) is 14.1. The fourth-order valence-electron chi connectivity index (χ4n) is 8.99. The molecule has 9 nitrogen and oxygen atoms in total. The largest absolute Gasteiger partial charge is 0.493 e. The number of amides is 2. The molecule has 2 amide bonds. The summed E-state index contributed by atoms with van der Waals surface area (Å²) in [4.78, 5) is 41.0. The van der Waals surface area contributed by atoms with Crippen LogP contribution in [0.2, 0.25) is 0 Å². The number of methoxy groups -OCH3 is 1. The molecule has 3 N–H and O–H groups in total. The van der Waals surface area contributed by atoms with Crippen LogP contribution in [0.15, 0.2) is 48.0 Å². The molecule has 0 unspecified atom stereocenters. The summed E-state index contributed by atoms with van der Waals surface area (Å²) in [5.74, 6) is 1.06. The lowest BCUT2D eigenvalue weighted by molar-refractivity contribution is -0.137. The highest BCUT2D eigenvalue weighted by molar-refractivity contribution is 14.1. The highest BCUT2D eigenvalue weighted by atomic mass is 127. The van der Waals surface area contributed by atoms with E-state index in [2.05, 4.69) is 5.32 Å². The number of ether oxygens (including phenoxy) is 2. The maximum Gasteiger partial charge on any atom is 0.416 e. The van der Waals surface area contributed by atoms with E-state index in [0.717, 1.165) is 62.8 Å². The Labute approximate surface area is 296 Å². The molecule has 264 valence electrons. The number of alkyl halides is 3. The Morgan fingerprint density at radius 1 is 1.08 bits per heavy atom. The van der Waals surface area contributed by atoms with Crippen LogP contribution in [-0.4, -0.2) is 78.3 Å². The summed E-state index contributed by atoms with van der Waals surface area (Å²) in [6.07, 6.45) is 1.29. The Bertz CT molecular complexity index is 1580. The predicted molar refractivity (Wildman–Crippen MR) is 181 cm³/mol. The van der Waals surface area contributed by atoms with Crippen LogP contribution in [0.1, 0.15) is 71.2 Å². The molecular weight excluding hydrogens is 756 g/mol. The maximum atomic E-state index is 14.5. The van der Waals surface area contributed by atoms with Gasteiger partial charge in [0.05, 0.1) is 28.9 Å². The van der Waals surface area contributed by atoms with Crippen LogP contribution in [0.3, 0.4) is 0 Å². The van der Waals surface area contributed by atoms with Crippen molar-refractivity contribution in [1.29, 1.82) is 0 Å². The van der Waals surface area contributed by atoms with Crippen molar-refractivity contribution in [3.05, 3.63) is 68.3 Å². The van der Waals surface area contributed by atoms with Gasteiger partial charge in [0.1, 0.15) is 18.5 Å². The predicted octanol–water partition coefficient (Wildman–Crippen LogP) is 5.41. The molecule has 0 radical (unpaired) electrons. The Kier molecular flexibility index (Phi) is 10.3. The number of aliphatic hydroxyl groups is 2. The molecule has 0 aliphatic heterocycles. The van der Waals surface area contributed by atoms with Gasteiger partial charge in [0.2, 0.25) is 5.91 Å². The average Bonchev–Trinajstić information content (AvgIpc) is 3.06. The number of aldehydes is 1. The van der Waals surface area contributed by atoms with Gasteiger partial charge >= 0.3 is 6.18 Å². The van der Waals surface area contributed by atoms with E-state index in [1.165, 1.54) is 19.3 Å². The first-order chi connectivity index (χ1) is 23.3. The third-order valence-electron chi connectivity index (χ3n) is 10.6. The lowest BCUT2D eigenvalue weighted by atomic mass is 9.49. The van der Waals surface area contributed by atoms with Crippen LogP contribution in [0, 0.1) is 26.7 Å². The standard InChI is InChI=1S/C36H40F3IN2O7/c1-48-30-12-23(18-44)11-27(40)32(30)49-29-14-25(33(46)41-6-7-43)13-28(31(29)45)42(34(47)24-2-4-26(5-3-24)36(37,38)39)19-35-15-20-8-21(16-35)10-22(9-20)17-35/h2-5,11-12,14,18,20-22,28-29,31,43,45H,6-10,13,15-17,19H2,1H3,(H,41,46)/t20?,21?,22?,28-,29+,31+,35?/m1/s1. The number of hydrogen-bond acceptors (Lipinski definition) is 7. The number of hydrogen-bond donors (Lipinski definition) is 3. The first-order valence-electron chi connectivity index (χ1n) is 16.6. The normalized spacial score (nSPS) is 28.8. The number of rotatable bonds is 11. The molecule has 0 aromatic heterocycles. The van der Waals surface area contributed by atoms with E-state index < -0.39 is 41.8 Å². The van der Waals surface area contributed by atoms with E-state index in [-0.39, 0.29) is 54.2 Å². The summed E-state index contributed by atoms with van der Waals surface area (Å²) < 4.78 is 52.7. The Morgan fingerprint density at radius 3 is 2.27 bits per heavy atom. The molecule has 5 aliphatic rings. The molecule has 4 fully saturated rings. The first kappa shape index (κ1) is 35.6. The summed E-state index contributed by atoms with van der Waals surface area (Å²) in [6.45, 7) is -0.0332. The topological polar surface area (TPSA) is 125 Å². The molecule has 4 saturated carbocycles. The van der Waals surface area contributed by atoms with Gasteiger partial charge in [-0.1, -0.05) is 0 Å². The molecule has 3 atom stereocenters. The minimum absolute atomic E-state index is 0.0186. The number of halogens is 4. The monoisotopic (exact) mass is 796 g/mol. The third kappa shape index (κ3) is 7.48. The van der Waals surface area contributed by atoms with Crippen molar-refractivity contribution < 1.29 is 47.2 Å². The fourth-order valence-corrected chi connectivity index (χ4v) is 9.74. The lowest BCUT2D eigenvalue weighted by Crippen LogP contribution is -2.59. The zero-order valence-corrected chi connectivity index (χ0v) is 29.2. The fraction of sp³-hybridized carbons (Fsp3) is 0.528. The molecule has 0 heterocycles. The summed E-state index contributed by atoms with van der Waals surface area (Å²) in [5.41, 5.74) is -0.473. The third-order valence-corrected chi connectivity index (χ3v) is 11.4. The van der Waals surface area contributed by atoms with Gasteiger partial charge in [0.15, 0.2) is 11.5 Å². The molecule has 0 saturated heterocycles. The lowest BCUT2D eigenvalue weighted by Gasteiger charge is -2.58. The van der Waals surface area contributed by atoms with Crippen molar-refractivity contribution in [3.63, 3.8) is 0 Å². The number of nitrogens with zero attached hydrogens (tertiary/aromatic N) is 1. The molecule has 2 aromatic rings. The van der Waals surface area contributed by atoms with Crippen molar-refractivity contribution in [3.8, 4) is 11.5 Å². The quantitative estimate of drug-likeness (QED) is 0.206. The van der Waals surface area contributed by atoms with Gasteiger partial charge < -0.3 is 29.9 Å². The molecule has 2 aromatic carbocycles. The van der Waals surface area contributed by atoms with Crippen LogP contribution >= 0.6 is 22.6 Å². The average molecular weight is 797 g/mol. The summed E-state index contributed by atoms with van der Waals surface area (Å²) in [7, 11) is 1.41. The second-order valence-corrected chi connectivity index (χ2v) is 15.3.